The maximum atomic E-state index is 11.8. The highest BCUT2D eigenvalue weighted by molar-refractivity contribution is 5.80. The molecule has 1 aliphatic rings. The maximum Gasteiger partial charge on any atom is 0.249 e. The summed E-state index contributed by atoms with van der Waals surface area (Å²) >= 11 is 0. The Kier molecular flexibility index (Phi) is 3.98. The van der Waals surface area contributed by atoms with E-state index in [1.54, 1.807) is 0 Å². The van der Waals surface area contributed by atoms with Gasteiger partial charge in [0.05, 0.1) is 0 Å². The fourth-order valence-electron chi connectivity index (χ4n) is 1.89. The summed E-state index contributed by atoms with van der Waals surface area (Å²) in [5.41, 5.74) is 7.37. The average molecular weight is 234 g/mol. The summed E-state index contributed by atoms with van der Waals surface area (Å²) in [6, 6.07) is 7.49. The zero-order valence-electron chi connectivity index (χ0n) is 9.82. The van der Waals surface area contributed by atoms with Gasteiger partial charge in [0.15, 0.2) is 0 Å². The molecule has 1 aromatic carbocycles. The van der Waals surface area contributed by atoms with Crippen LogP contribution in [0.2, 0.25) is 0 Å². The van der Waals surface area contributed by atoms with Crippen LogP contribution in [0.25, 0.3) is 0 Å². The maximum absolute atomic E-state index is 11.8. The van der Waals surface area contributed by atoms with Crippen LogP contribution in [-0.4, -0.2) is 18.6 Å². The lowest BCUT2D eigenvalue weighted by molar-refractivity contribution is -0.135. The number of hydrogen-bond acceptors (Lipinski definition) is 3. The molecule has 1 atom stereocenters. The van der Waals surface area contributed by atoms with Crippen molar-refractivity contribution in [2.24, 2.45) is 0 Å². The third-order valence-electron chi connectivity index (χ3n) is 2.92. The molecule has 4 heteroatoms. The third kappa shape index (κ3) is 3.46. The molecule has 0 aliphatic carbocycles. The Morgan fingerprint density at radius 1 is 1.35 bits per heavy atom. The fraction of sp³-hybridized carbons (Fsp3) is 0.462. The normalized spacial score (nSPS) is 19.9. The second-order valence-corrected chi connectivity index (χ2v) is 4.31. The summed E-state index contributed by atoms with van der Waals surface area (Å²) in [6.45, 7) is 1.22. The van der Waals surface area contributed by atoms with Crippen molar-refractivity contribution in [2.45, 2.75) is 31.9 Å². The Bertz CT molecular complexity index is 370. The van der Waals surface area contributed by atoms with Gasteiger partial charge < -0.3 is 15.8 Å². The van der Waals surface area contributed by atoms with Crippen molar-refractivity contribution < 1.29 is 9.53 Å². The summed E-state index contributed by atoms with van der Waals surface area (Å²) in [5, 5.41) is 2.88. The van der Waals surface area contributed by atoms with Gasteiger partial charge in [-0.1, -0.05) is 12.1 Å². The summed E-state index contributed by atoms with van der Waals surface area (Å²) in [5.74, 6) is -0.0125. The highest BCUT2D eigenvalue weighted by Gasteiger charge is 2.21. The lowest BCUT2D eigenvalue weighted by Crippen LogP contribution is -2.37. The van der Waals surface area contributed by atoms with E-state index in [1.165, 1.54) is 0 Å². The Labute approximate surface area is 101 Å². The van der Waals surface area contributed by atoms with Crippen LogP contribution in [0, 0.1) is 0 Å². The van der Waals surface area contributed by atoms with Crippen LogP contribution >= 0.6 is 0 Å². The van der Waals surface area contributed by atoms with Crippen molar-refractivity contribution >= 4 is 11.6 Å². The van der Waals surface area contributed by atoms with E-state index >= 15 is 0 Å². The fourth-order valence-corrected chi connectivity index (χ4v) is 1.89. The minimum absolute atomic E-state index is 0.0125. The molecule has 0 radical (unpaired) electrons. The predicted molar refractivity (Wildman–Crippen MR) is 66.3 cm³/mol. The molecule has 1 aliphatic heterocycles. The van der Waals surface area contributed by atoms with Crippen LogP contribution in [-0.2, 0) is 16.1 Å². The summed E-state index contributed by atoms with van der Waals surface area (Å²) < 4.78 is 5.42. The number of nitrogen functional groups attached to an aromatic ring is 1. The van der Waals surface area contributed by atoms with Gasteiger partial charge in [-0.15, -0.1) is 0 Å². The molecule has 1 heterocycles. The summed E-state index contributed by atoms with van der Waals surface area (Å²) in [7, 11) is 0. The molecule has 2 rings (SSSR count). The molecule has 0 spiro atoms. The van der Waals surface area contributed by atoms with Crippen LogP contribution in [0.5, 0.6) is 0 Å². The highest BCUT2D eigenvalue weighted by atomic mass is 16.5. The number of ether oxygens (including phenoxy) is 1. The minimum atomic E-state index is -0.266. The van der Waals surface area contributed by atoms with E-state index in [1.807, 2.05) is 24.3 Å². The Hall–Kier alpha value is -1.55. The van der Waals surface area contributed by atoms with E-state index in [9.17, 15) is 4.79 Å². The largest absolute Gasteiger partial charge is 0.399 e. The topological polar surface area (TPSA) is 64.3 Å². The van der Waals surface area contributed by atoms with E-state index in [0.717, 1.165) is 30.5 Å². The van der Waals surface area contributed by atoms with Crippen LogP contribution in [0.3, 0.4) is 0 Å². The van der Waals surface area contributed by atoms with Gasteiger partial charge in [-0.05, 0) is 37.0 Å². The zero-order chi connectivity index (χ0) is 12.1. The van der Waals surface area contributed by atoms with Crippen LogP contribution in [0.4, 0.5) is 5.69 Å². The molecular formula is C13H18N2O2. The third-order valence-corrected chi connectivity index (χ3v) is 2.92. The molecule has 4 nitrogen and oxygen atoms in total. The molecule has 1 amide bonds. The summed E-state index contributed by atoms with van der Waals surface area (Å²) in [6.07, 6.45) is 2.69. The van der Waals surface area contributed by atoms with Crippen molar-refractivity contribution in [1.29, 1.82) is 0 Å². The van der Waals surface area contributed by atoms with Gasteiger partial charge in [0.2, 0.25) is 5.91 Å². The molecular weight excluding hydrogens is 216 g/mol. The number of benzene rings is 1. The van der Waals surface area contributed by atoms with Gasteiger partial charge >= 0.3 is 0 Å². The Balaban J connectivity index is 1.81. The number of carbonyl (C=O) groups is 1. The molecule has 17 heavy (non-hydrogen) atoms. The van der Waals surface area contributed by atoms with Crippen molar-refractivity contribution in [3.63, 3.8) is 0 Å². The predicted octanol–water partition coefficient (Wildman–Crippen LogP) is 1.45. The van der Waals surface area contributed by atoms with Gasteiger partial charge in [0.1, 0.15) is 6.10 Å². The number of amides is 1. The first-order chi connectivity index (χ1) is 8.25. The van der Waals surface area contributed by atoms with E-state index in [2.05, 4.69) is 5.32 Å². The smallest absolute Gasteiger partial charge is 0.249 e. The number of nitrogens with one attached hydrogen (secondary N) is 1. The number of carbonyl (C=O) groups excluding carboxylic acids is 1. The lowest BCUT2D eigenvalue weighted by atomic mass is 10.1. The Morgan fingerprint density at radius 2 is 2.12 bits per heavy atom. The zero-order valence-corrected chi connectivity index (χ0v) is 9.82. The van der Waals surface area contributed by atoms with Crippen molar-refractivity contribution in [2.75, 3.05) is 12.3 Å². The minimum Gasteiger partial charge on any atom is -0.399 e. The molecule has 0 aromatic heterocycles. The molecule has 1 unspecified atom stereocenters. The standard InChI is InChI=1S/C13H18N2O2/c14-11-6-4-10(5-7-11)9-15-13(16)12-3-1-2-8-17-12/h4-7,12H,1-3,8-9,14H2,(H,15,16). The van der Waals surface area contributed by atoms with E-state index < -0.39 is 0 Å². The van der Waals surface area contributed by atoms with Gasteiger partial charge in [-0.25, -0.2) is 0 Å². The second-order valence-electron chi connectivity index (χ2n) is 4.31. The van der Waals surface area contributed by atoms with E-state index in [-0.39, 0.29) is 12.0 Å². The lowest BCUT2D eigenvalue weighted by Gasteiger charge is -2.21. The second kappa shape index (κ2) is 5.68. The van der Waals surface area contributed by atoms with Crippen LogP contribution < -0.4 is 11.1 Å². The van der Waals surface area contributed by atoms with E-state index in [4.69, 9.17) is 10.5 Å². The molecule has 1 aromatic rings. The Morgan fingerprint density at radius 3 is 2.76 bits per heavy atom. The van der Waals surface area contributed by atoms with Crippen molar-refractivity contribution in [3.8, 4) is 0 Å². The number of hydrogen-bond donors (Lipinski definition) is 2. The van der Waals surface area contributed by atoms with Crippen LogP contribution in [0.15, 0.2) is 24.3 Å². The van der Waals surface area contributed by atoms with Gasteiger partial charge in [-0.2, -0.15) is 0 Å². The molecule has 0 saturated carbocycles. The van der Waals surface area contributed by atoms with Gasteiger partial charge in [0, 0.05) is 18.8 Å². The first-order valence-corrected chi connectivity index (χ1v) is 5.99. The highest BCUT2D eigenvalue weighted by Crippen LogP contribution is 2.13. The average Bonchev–Trinajstić information content (AvgIpc) is 2.39. The molecule has 1 saturated heterocycles. The van der Waals surface area contributed by atoms with Gasteiger partial charge in [0.25, 0.3) is 0 Å². The van der Waals surface area contributed by atoms with Crippen molar-refractivity contribution in [3.05, 3.63) is 29.8 Å². The molecule has 3 N–H and O–H groups in total. The monoisotopic (exact) mass is 234 g/mol. The number of nitrogens with two attached hydrogens (primary N) is 1. The molecule has 92 valence electrons. The number of anilines is 1. The SMILES string of the molecule is Nc1ccc(CNC(=O)C2CCCCO2)cc1. The first kappa shape index (κ1) is 11.9. The molecule has 1 fully saturated rings. The summed E-state index contributed by atoms with van der Waals surface area (Å²) in [4.78, 5) is 11.8. The number of rotatable bonds is 3. The van der Waals surface area contributed by atoms with Crippen LogP contribution in [0.1, 0.15) is 24.8 Å². The molecule has 0 bridgehead atoms. The quantitative estimate of drug-likeness (QED) is 0.778. The first-order valence-electron chi connectivity index (χ1n) is 5.99. The van der Waals surface area contributed by atoms with Gasteiger partial charge in [-0.3, -0.25) is 4.79 Å². The van der Waals surface area contributed by atoms with Crippen molar-refractivity contribution in [1.82, 2.24) is 5.32 Å². The van der Waals surface area contributed by atoms with E-state index in [0.29, 0.717) is 13.2 Å².